The van der Waals surface area contributed by atoms with E-state index >= 15 is 0 Å². The first-order valence-corrected chi connectivity index (χ1v) is 6.83. The lowest BCUT2D eigenvalue weighted by Gasteiger charge is -2.15. The van der Waals surface area contributed by atoms with Crippen molar-refractivity contribution in [2.24, 2.45) is 0 Å². The number of hydrogen-bond donors (Lipinski definition) is 2. The summed E-state index contributed by atoms with van der Waals surface area (Å²) in [5.74, 6) is 0.654. The van der Waals surface area contributed by atoms with Crippen LogP contribution in [-0.2, 0) is 22.7 Å². The molecule has 0 fully saturated rings. The maximum Gasteiger partial charge on any atom is 0.242 e. The highest BCUT2D eigenvalue weighted by Gasteiger charge is 2.12. The van der Waals surface area contributed by atoms with Crippen LogP contribution in [0.2, 0.25) is 0 Å². The Kier molecular flexibility index (Phi) is 5.40. The van der Waals surface area contributed by atoms with Crippen LogP contribution in [0.3, 0.4) is 0 Å². The van der Waals surface area contributed by atoms with E-state index in [2.05, 4.69) is 10.6 Å². The van der Waals surface area contributed by atoms with Gasteiger partial charge in [0.05, 0.1) is 19.4 Å². The zero-order valence-electron chi connectivity index (χ0n) is 12.3. The lowest BCUT2D eigenvalue weighted by atomic mass is 10.2. The lowest BCUT2D eigenvalue weighted by Crippen LogP contribution is -2.37. The molecule has 1 heterocycles. The average Bonchev–Trinajstić information content (AvgIpc) is 2.98. The largest absolute Gasteiger partial charge is 0.467 e. The van der Waals surface area contributed by atoms with E-state index in [-0.39, 0.29) is 11.9 Å². The van der Waals surface area contributed by atoms with E-state index < -0.39 is 0 Å². The molecule has 0 saturated heterocycles. The number of hydrogen-bond acceptors (Lipinski definition) is 4. The molecule has 2 N–H and O–H groups in total. The molecular weight excluding hydrogens is 268 g/mol. The first-order valence-electron chi connectivity index (χ1n) is 6.83. The maximum atomic E-state index is 12.0. The first-order chi connectivity index (χ1) is 10.2. The summed E-state index contributed by atoms with van der Waals surface area (Å²) < 4.78 is 10.3. The molecule has 0 spiro atoms. The number of carbonyl (C=O) groups is 1. The van der Waals surface area contributed by atoms with Crippen molar-refractivity contribution in [3.8, 4) is 0 Å². The van der Waals surface area contributed by atoms with Gasteiger partial charge in [-0.3, -0.25) is 4.79 Å². The highest BCUT2D eigenvalue weighted by atomic mass is 16.5. The molecule has 1 unspecified atom stereocenters. The van der Waals surface area contributed by atoms with E-state index in [1.807, 2.05) is 37.3 Å². The fraction of sp³-hybridized carbons (Fsp3) is 0.312. The minimum absolute atomic E-state index is 0.0801. The molecule has 5 heteroatoms. The normalized spacial score (nSPS) is 11.9. The van der Waals surface area contributed by atoms with Gasteiger partial charge in [0.25, 0.3) is 0 Å². The van der Waals surface area contributed by atoms with E-state index in [0.29, 0.717) is 13.2 Å². The fourth-order valence-corrected chi connectivity index (χ4v) is 1.97. The Hall–Kier alpha value is -2.27. The van der Waals surface area contributed by atoms with Crippen LogP contribution in [-0.4, -0.2) is 19.1 Å². The van der Waals surface area contributed by atoms with Gasteiger partial charge in [-0.15, -0.1) is 0 Å². The van der Waals surface area contributed by atoms with Crippen molar-refractivity contribution in [1.29, 1.82) is 0 Å². The summed E-state index contributed by atoms with van der Waals surface area (Å²) in [4.78, 5) is 12.0. The number of rotatable bonds is 7. The number of anilines is 1. The summed E-state index contributed by atoms with van der Waals surface area (Å²) in [6.45, 7) is 2.76. The minimum Gasteiger partial charge on any atom is -0.467 e. The number of nitrogens with one attached hydrogen (secondary N) is 2. The van der Waals surface area contributed by atoms with Gasteiger partial charge in [-0.2, -0.15) is 0 Å². The van der Waals surface area contributed by atoms with Crippen LogP contribution in [0.1, 0.15) is 18.2 Å². The summed E-state index contributed by atoms with van der Waals surface area (Å²) in [7, 11) is 1.66. The molecule has 1 aromatic carbocycles. The van der Waals surface area contributed by atoms with Crippen LogP contribution in [0.5, 0.6) is 0 Å². The molecule has 21 heavy (non-hydrogen) atoms. The molecule has 0 aliphatic rings. The average molecular weight is 288 g/mol. The molecule has 1 amide bonds. The van der Waals surface area contributed by atoms with Gasteiger partial charge in [-0.05, 0) is 36.8 Å². The monoisotopic (exact) mass is 288 g/mol. The van der Waals surface area contributed by atoms with E-state index in [1.165, 1.54) is 0 Å². The van der Waals surface area contributed by atoms with Gasteiger partial charge in [-0.1, -0.05) is 12.1 Å². The van der Waals surface area contributed by atoms with E-state index in [4.69, 9.17) is 9.15 Å². The topological polar surface area (TPSA) is 63.5 Å². The lowest BCUT2D eigenvalue weighted by molar-refractivity contribution is -0.121. The minimum atomic E-state index is -0.335. The number of benzene rings is 1. The van der Waals surface area contributed by atoms with Crippen LogP contribution in [0, 0.1) is 0 Å². The van der Waals surface area contributed by atoms with Crippen LogP contribution < -0.4 is 10.6 Å². The Labute approximate surface area is 124 Å². The van der Waals surface area contributed by atoms with Crippen LogP contribution in [0.25, 0.3) is 0 Å². The van der Waals surface area contributed by atoms with E-state index in [9.17, 15) is 4.79 Å². The molecule has 5 nitrogen and oxygen atoms in total. The Morgan fingerprint density at radius 2 is 2.19 bits per heavy atom. The summed E-state index contributed by atoms with van der Waals surface area (Å²) in [6.07, 6.45) is 1.59. The summed E-state index contributed by atoms with van der Waals surface area (Å²) in [5.41, 5.74) is 1.95. The molecule has 0 saturated carbocycles. The van der Waals surface area contributed by atoms with Gasteiger partial charge in [0.15, 0.2) is 0 Å². The van der Waals surface area contributed by atoms with Crippen molar-refractivity contribution in [3.63, 3.8) is 0 Å². The van der Waals surface area contributed by atoms with Gasteiger partial charge in [-0.25, -0.2) is 0 Å². The third-order valence-corrected chi connectivity index (χ3v) is 3.03. The van der Waals surface area contributed by atoms with Crippen molar-refractivity contribution >= 4 is 11.6 Å². The summed E-state index contributed by atoms with van der Waals surface area (Å²) >= 11 is 0. The Balaban J connectivity index is 1.86. The second-order valence-corrected chi connectivity index (χ2v) is 4.80. The molecular formula is C16H20N2O3. The zero-order valence-corrected chi connectivity index (χ0v) is 12.3. The van der Waals surface area contributed by atoms with Crippen LogP contribution >= 0.6 is 0 Å². The highest BCUT2D eigenvalue weighted by molar-refractivity contribution is 5.84. The molecule has 0 aliphatic carbocycles. The van der Waals surface area contributed by atoms with Gasteiger partial charge in [0.2, 0.25) is 5.91 Å². The van der Waals surface area contributed by atoms with Gasteiger partial charge >= 0.3 is 0 Å². The molecule has 0 aliphatic heterocycles. The second kappa shape index (κ2) is 7.50. The third kappa shape index (κ3) is 4.65. The predicted octanol–water partition coefficient (Wildman–Crippen LogP) is 2.54. The fourth-order valence-electron chi connectivity index (χ4n) is 1.97. The molecule has 2 rings (SSSR count). The summed E-state index contributed by atoms with van der Waals surface area (Å²) in [5, 5.41) is 6.00. The Bertz CT molecular complexity index is 567. The standard InChI is InChI=1S/C16H20N2O3/c1-12(16(19)17-10-15-7-4-8-21-15)18-14-6-3-5-13(9-14)11-20-2/h3-9,12,18H,10-11H2,1-2H3,(H,17,19). The number of furan rings is 1. The summed E-state index contributed by atoms with van der Waals surface area (Å²) in [6, 6.07) is 11.1. The van der Waals surface area contributed by atoms with Crippen LogP contribution in [0.15, 0.2) is 47.1 Å². The molecule has 0 bridgehead atoms. The van der Waals surface area contributed by atoms with Gasteiger partial charge in [0, 0.05) is 12.8 Å². The van der Waals surface area contributed by atoms with Gasteiger partial charge in [0.1, 0.15) is 11.8 Å². The third-order valence-electron chi connectivity index (χ3n) is 3.03. The van der Waals surface area contributed by atoms with Crippen molar-refractivity contribution in [3.05, 3.63) is 54.0 Å². The van der Waals surface area contributed by atoms with Crippen molar-refractivity contribution < 1.29 is 13.9 Å². The second-order valence-electron chi connectivity index (χ2n) is 4.80. The molecule has 2 aromatic rings. The highest BCUT2D eigenvalue weighted by Crippen LogP contribution is 2.12. The van der Waals surface area contributed by atoms with Crippen LogP contribution in [0.4, 0.5) is 5.69 Å². The Morgan fingerprint density at radius 3 is 2.90 bits per heavy atom. The van der Waals surface area contributed by atoms with E-state index in [1.54, 1.807) is 19.4 Å². The van der Waals surface area contributed by atoms with Gasteiger partial charge < -0.3 is 19.8 Å². The number of methoxy groups -OCH3 is 1. The first kappa shape index (κ1) is 15.1. The van der Waals surface area contributed by atoms with Crippen molar-refractivity contribution in [2.45, 2.75) is 26.1 Å². The molecule has 0 radical (unpaired) electrons. The molecule has 112 valence electrons. The SMILES string of the molecule is COCc1cccc(NC(C)C(=O)NCc2ccco2)c1. The number of amides is 1. The number of ether oxygens (including phenoxy) is 1. The zero-order chi connectivity index (χ0) is 15.1. The maximum absolute atomic E-state index is 12.0. The number of carbonyl (C=O) groups excluding carboxylic acids is 1. The predicted molar refractivity (Wildman–Crippen MR) is 80.8 cm³/mol. The Morgan fingerprint density at radius 1 is 1.33 bits per heavy atom. The smallest absolute Gasteiger partial charge is 0.242 e. The van der Waals surface area contributed by atoms with Crippen molar-refractivity contribution in [2.75, 3.05) is 12.4 Å². The van der Waals surface area contributed by atoms with Crippen molar-refractivity contribution in [1.82, 2.24) is 5.32 Å². The van der Waals surface area contributed by atoms with E-state index in [0.717, 1.165) is 17.0 Å². The molecule has 1 aromatic heterocycles. The quantitative estimate of drug-likeness (QED) is 0.822. The molecule has 1 atom stereocenters.